The Labute approximate surface area is 117 Å². The molecule has 0 aliphatic rings. The molecule has 5 heteroatoms. The van der Waals surface area contributed by atoms with E-state index in [0.717, 1.165) is 13.1 Å². The minimum atomic E-state index is -1.53. The second kappa shape index (κ2) is 7.79. The molecule has 110 valence electrons. The first kappa shape index (κ1) is 18.3. The third-order valence-corrected chi connectivity index (χ3v) is 15.2. The van der Waals surface area contributed by atoms with E-state index in [2.05, 4.69) is 68.8 Å². The summed E-state index contributed by atoms with van der Waals surface area (Å²) in [6.45, 7) is 21.0. The van der Waals surface area contributed by atoms with E-state index in [1.54, 1.807) is 0 Å². The molecule has 0 aliphatic carbocycles. The molecule has 0 aromatic carbocycles. The van der Waals surface area contributed by atoms with E-state index in [4.69, 9.17) is 0 Å². The quantitative estimate of drug-likeness (QED) is 0.639. The van der Waals surface area contributed by atoms with Gasteiger partial charge in [0, 0.05) is 0 Å². The highest BCUT2D eigenvalue weighted by atomic mass is 28.4. The summed E-state index contributed by atoms with van der Waals surface area (Å²) in [4.78, 5) is 7.70. The van der Waals surface area contributed by atoms with Gasteiger partial charge < -0.3 is 14.2 Å². The van der Waals surface area contributed by atoms with Gasteiger partial charge in [-0.2, -0.15) is 0 Å². The molecule has 2 unspecified atom stereocenters. The van der Waals surface area contributed by atoms with Crippen LogP contribution in [0.4, 0.5) is 0 Å². The summed E-state index contributed by atoms with van der Waals surface area (Å²) in [7, 11) is -3.05. The van der Waals surface area contributed by atoms with E-state index in [9.17, 15) is 0 Å². The fraction of sp³-hybridized carbons (Fsp3) is 1.00. The van der Waals surface area contributed by atoms with Gasteiger partial charge in [-0.3, -0.25) is 0 Å². The lowest BCUT2D eigenvalue weighted by Crippen LogP contribution is -2.76. The Morgan fingerprint density at radius 3 is 1.33 bits per heavy atom. The number of rotatable bonds is 9. The first-order valence-electron chi connectivity index (χ1n) is 7.60. The van der Waals surface area contributed by atoms with Crippen molar-refractivity contribution in [3.63, 3.8) is 0 Å². The first-order valence-corrected chi connectivity index (χ1v) is 12.9. The summed E-state index contributed by atoms with van der Waals surface area (Å²) in [5.74, 6) is 0. The molecule has 0 saturated heterocycles. The molecule has 3 nitrogen and oxygen atoms in total. The molecule has 0 rings (SSSR count). The topological polar surface area (TPSA) is 27.3 Å². The van der Waals surface area contributed by atoms with Crippen LogP contribution in [0.2, 0.25) is 25.2 Å². The van der Waals surface area contributed by atoms with Crippen molar-refractivity contribution in [2.24, 2.45) is 0 Å². The summed E-state index contributed by atoms with van der Waals surface area (Å²) in [6.07, 6.45) is 0. The minimum absolute atomic E-state index is 0.622. The molecule has 0 aromatic rings. The third-order valence-electron chi connectivity index (χ3n) is 4.07. The van der Waals surface area contributed by atoms with Crippen LogP contribution in [-0.2, 0) is 0 Å². The number of hydrogen-bond donors (Lipinski definition) is 2. The summed E-state index contributed by atoms with van der Waals surface area (Å²) in [6, 6.07) is 3.16. The molecular formula is C13H35N3Si2. The zero-order valence-corrected chi connectivity index (χ0v) is 15.9. The molecule has 18 heavy (non-hydrogen) atoms. The Morgan fingerprint density at radius 2 is 1.17 bits per heavy atom. The zero-order chi connectivity index (χ0) is 14.4. The molecule has 0 radical (unpaired) electrons. The standard InChI is InChI=1S/C13H35N3Si2/c1-9-14-17(7,11-3)16(13(5)6)18(8,12-4)15-10-2/h13-15H,9-12H2,1-8H3. The number of hydrogen-bond acceptors (Lipinski definition) is 3. The summed E-state index contributed by atoms with van der Waals surface area (Å²) in [5.41, 5.74) is 0. The van der Waals surface area contributed by atoms with Gasteiger partial charge in [0.25, 0.3) is 0 Å². The van der Waals surface area contributed by atoms with E-state index in [1.807, 2.05) is 0 Å². The lowest BCUT2D eigenvalue weighted by molar-refractivity contribution is 0.469. The van der Waals surface area contributed by atoms with Gasteiger partial charge in [0.15, 0.2) is 16.8 Å². The van der Waals surface area contributed by atoms with Gasteiger partial charge in [0.05, 0.1) is 0 Å². The number of nitrogens with zero attached hydrogens (tertiary/aromatic N) is 1. The summed E-state index contributed by atoms with van der Waals surface area (Å²) in [5, 5.41) is 0. The van der Waals surface area contributed by atoms with Gasteiger partial charge >= 0.3 is 0 Å². The Morgan fingerprint density at radius 1 is 0.833 bits per heavy atom. The van der Waals surface area contributed by atoms with Crippen LogP contribution in [0.3, 0.4) is 0 Å². The van der Waals surface area contributed by atoms with Gasteiger partial charge in [-0.1, -0.05) is 41.5 Å². The predicted molar refractivity (Wildman–Crippen MR) is 88.5 cm³/mol. The van der Waals surface area contributed by atoms with Crippen molar-refractivity contribution in [3.8, 4) is 0 Å². The molecule has 0 aromatic heterocycles. The van der Waals surface area contributed by atoms with Gasteiger partial charge in [-0.05, 0) is 44.3 Å². The van der Waals surface area contributed by atoms with E-state index in [0.29, 0.717) is 6.04 Å². The molecule has 0 bridgehead atoms. The van der Waals surface area contributed by atoms with Crippen molar-refractivity contribution >= 4 is 16.8 Å². The smallest absolute Gasteiger partial charge is 0.195 e. The highest BCUT2D eigenvalue weighted by Crippen LogP contribution is 2.25. The van der Waals surface area contributed by atoms with E-state index < -0.39 is 16.8 Å². The SMILES string of the molecule is CCN[Si](C)(CC)N(C(C)C)[Si](C)(CC)NCC. The fourth-order valence-corrected chi connectivity index (χ4v) is 14.3. The number of nitrogens with one attached hydrogen (secondary N) is 2. The maximum absolute atomic E-state index is 3.85. The van der Waals surface area contributed by atoms with E-state index >= 15 is 0 Å². The lowest BCUT2D eigenvalue weighted by Gasteiger charge is -2.52. The van der Waals surface area contributed by atoms with Crippen LogP contribution in [0, 0.1) is 0 Å². The van der Waals surface area contributed by atoms with Crippen molar-refractivity contribution in [2.45, 2.75) is 72.8 Å². The minimum Gasteiger partial charge on any atom is -0.326 e. The maximum Gasteiger partial charge on any atom is 0.195 e. The molecule has 0 saturated carbocycles. The molecule has 0 spiro atoms. The van der Waals surface area contributed by atoms with Crippen LogP contribution in [0.1, 0.15) is 41.5 Å². The second-order valence-electron chi connectivity index (χ2n) is 5.78. The molecule has 0 heterocycles. The monoisotopic (exact) mass is 289 g/mol. The maximum atomic E-state index is 3.85. The molecular weight excluding hydrogens is 254 g/mol. The summed E-state index contributed by atoms with van der Waals surface area (Å²) >= 11 is 0. The van der Waals surface area contributed by atoms with Crippen molar-refractivity contribution in [1.82, 2.24) is 14.2 Å². The van der Waals surface area contributed by atoms with Gasteiger partial charge in [0.2, 0.25) is 0 Å². The van der Waals surface area contributed by atoms with Gasteiger partial charge in [-0.15, -0.1) is 0 Å². The van der Waals surface area contributed by atoms with Crippen LogP contribution in [0.25, 0.3) is 0 Å². The van der Waals surface area contributed by atoms with Crippen LogP contribution in [0.15, 0.2) is 0 Å². The highest BCUT2D eigenvalue weighted by Gasteiger charge is 2.45. The Hall–Kier alpha value is 0.314. The van der Waals surface area contributed by atoms with E-state index in [1.165, 1.54) is 12.1 Å². The second-order valence-corrected chi connectivity index (χ2v) is 14.4. The molecule has 0 fully saturated rings. The molecule has 2 atom stereocenters. The fourth-order valence-electron chi connectivity index (χ4n) is 3.21. The van der Waals surface area contributed by atoms with E-state index in [-0.39, 0.29) is 0 Å². The zero-order valence-electron chi connectivity index (χ0n) is 13.9. The Kier molecular flexibility index (Phi) is 7.93. The van der Waals surface area contributed by atoms with Crippen molar-refractivity contribution in [3.05, 3.63) is 0 Å². The predicted octanol–water partition coefficient (Wildman–Crippen LogP) is 3.10. The summed E-state index contributed by atoms with van der Waals surface area (Å²) < 4.78 is 2.88. The van der Waals surface area contributed by atoms with Crippen molar-refractivity contribution in [2.75, 3.05) is 13.1 Å². The average Bonchev–Trinajstić information content (AvgIpc) is 2.29. The highest BCUT2D eigenvalue weighted by molar-refractivity contribution is 6.89. The van der Waals surface area contributed by atoms with Gasteiger partial charge in [0.1, 0.15) is 0 Å². The molecule has 2 N–H and O–H groups in total. The van der Waals surface area contributed by atoms with Crippen molar-refractivity contribution < 1.29 is 0 Å². The molecule has 0 amide bonds. The third kappa shape index (κ3) is 4.16. The van der Waals surface area contributed by atoms with Crippen LogP contribution in [0.5, 0.6) is 0 Å². The molecule has 0 aliphatic heterocycles. The largest absolute Gasteiger partial charge is 0.326 e. The Bertz CT molecular complexity index is 218. The van der Waals surface area contributed by atoms with Gasteiger partial charge in [-0.25, -0.2) is 0 Å². The average molecular weight is 290 g/mol. The van der Waals surface area contributed by atoms with Crippen LogP contribution >= 0.6 is 0 Å². The lowest BCUT2D eigenvalue weighted by atomic mass is 10.4. The van der Waals surface area contributed by atoms with Crippen molar-refractivity contribution in [1.29, 1.82) is 0 Å². The van der Waals surface area contributed by atoms with Crippen LogP contribution in [-0.4, -0.2) is 40.2 Å². The van der Waals surface area contributed by atoms with Crippen LogP contribution < -0.4 is 9.96 Å². The Balaban J connectivity index is 5.38. The normalized spacial score (nSPS) is 19.0. The first-order chi connectivity index (χ1) is 8.31.